The molecule has 0 spiro atoms. The molecular weight excluding hydrogens is 246 g/mol. The van der Waals surface area contributed by atoms with Gasteiger partial charge in [-0.2, -0.15) is 0 Å². The number of nitrogens with two attached hydrogens (primary N) is 1. The maximum Gasteiger partial charge on any atom is 0.310 e. The molecule has 0 atom stereocenters. The predicted molar refractivity (Wildman–Crippen MR) is 72.8 cm³/mol. The van der Waals surface area contributed by atoms with Gasteiger partial charge in [0, 0.05) is 25.8 Å². The van der Waals surface area contributed by atoms with Gasteiger partial charge >= 0.3 is 5.97 Å². The van der Waals surface area contributed by atoms with Gasteiger partial charge in [-0.25, -0.2) is 0 Å². The largest absolute Gasteiger partial charge is 0.465 e. The van der Waals surface area contributed by atoms with E-state index in [1.165, 1.54) is 0 Å². The van der Waals surface area contributed by atoms with Gasteiger partial charge < -0.3 is 19.9 Å². The standard InChI is InChI=1S/C14H21NO4/c1-17-9-10-18-7-2-8-19-14(16)11-12-3-5-13(15)6-4-12/h3-6H,2,7-11,15H2,1H3. The number of carbonyl (C=O) groups excluding carboxylic acids is 1. The fourth-order valence-corrected chi connectivity index (χ4v) is 1.44. The molecule has 106 valence electrons. The van der Waals surface area contributed by atoms with Crippen molar-refractivity contribution in [1.29, 1.82) is 0 Å². The van der Waals surface area contributed by atoms with E-state index in [1.54, 1.807) is 19.2 Å². The minimum Gasteiger partial charge on any atom is -0.465 e. The van der Waals surface area contributed by atoms with Crippen molar-refractivity contribution < 1.29 is 19.0 Å². The highest BCUT2D eigenvalue weighted by molar-refractivity contribution is 5.72. The number of carbonyl (C=O) groups is 1. The summed E-state index contributed by atoms with van der Waals surface area (Å²) in [5, 5.41) is 0. The minimum absolute atomic E-state index is 0.235. The average molecular weight is 267 g/mol. The molecule has 0 aliphatic heterocycles. The first-order valence-corrected chi connectivity index (χ1v) is 6.29. The highest BCUT2D eigenvalue weighted by Gasteiger charge is 2.04. The van der Waals surface area contributed by atoms with E-state index in [1.807, 2.05) is 12.1 Å². The molecule has 0 amide bonds. The topological polar surface area (TPSA) is 70.8 Å². The van der Waals surface area contributed by atoms with Gasteiger partial charge in [-0.05, 0) is 17.7 Å². The number of esters is 1. The SMILES string of the molecule is COCCOCCCOC(=O)Cc1ccc(N)cc1. The van der Waals surface area contributed by atoms with E-state index in [4.69, 9.17) is 19.9 Å². The first-order chi connectivity index (χ1) is 9.22. The van der Waals surface area contributed by atoms with Crippen LogP contribution in [0.25, 0.3) is 0 Å². The molecule has 0 radical (unpaired) electrons. The lowest BCUT2D eigenvalue weighted by Gasteiger charge is -2.06. The second kappa shape index (κ2) is 9.35. The molecule has 1 aromatic carbocycles. The Morgan fingerprint density at radius 3 is 2.53 bits per heavy atom. The van der Waals surface area contributed by atoms with Crippen molar-refractivity contribution in [2.75, 3.05) is 39.3 Å². The van der Waals surface area contributed by atoms with Gasteiger partial charge in [0.25, 0.3) is 0 Å². The Bertz CT molecular complexity index is 364. The second-order valence-electron chi connectivity index (χ2n) is 4.10. The van der Waals surface area contributed by atoms with E-state index < -0.39 is 0 Å². The van der Waals surface area contributed by atoms with Crippen LogP contribution in [0.2, 0.25) is 0 Å². The Hall–Kier alpha value is -1.59. The molecule has 0 saturated carbocycles. The summed E-state index contributed by atoms with van der Waals surface area (Å²) in [5.41, 5.74) is 7.15. The molecule has 2 N–H and O–H groups in total. The predicted octanol–water partition coefficient (Wildman–Crippen LogP) is 1.41. The number of anilines is 1. The maximum atomic E-state index is 11.5. The summed E-state index contributed by atoms with van der Waals surface area (Å²) in [6.07, 6.45) is 0.960. The van der Waals surface area contributed by atoms with Crippen molar-refractivity contribution in [2.45, 2.75) is 12.8 Å². The Labute approximate surface area is 113 Å². The van der Waals surface area contributed by atoms with Gasteiger partial charge in [-0.3, -0.25) is 4.79 Å². The first-order valence-electron chi connectivity index (χ1n) is 6.29. The van der Waals surface area contributed by atoms with Gasteiger partial charge in [0.2, 0.25) is 0 Å². The molecule has 0 heterocycles. The zero-order valence-corrected chi connectivity index (χ0v) is 11.3. The lowest BCUT2D eigenvalue weighted by molar-refractivity contribution is -0.143. The fourth-order valence-electron chi connectivity index (χ4n) is 1.44. The second-order valence-corrected chi connectivity index (χ2v) is 4.10. The summed E-state index contributed by atoms with van der Waals surface area (Å²) in [6, 6.07) is 7.19. The summed E-state index contributed by atoms with van der Waals surface area (Å²) < 4.78 is 15.2. The monoisotopic (exact) mass is 267 g/mol. The molecule has 0 fully saturated rings. The van der Waals surface area contributed by atoms with E-state index in [0.29, 0.717) is 38.5 Å². The summed E-state index contributed by atoms with van der Waals surface area (Å²) in [6.45, 7) is 2.09. The molecule has 5 heteroatoms. The van der Waals surface area contributed by atoms with Crippen molar-refractivity contribution in [2.24, 2.45) is 0 Å². The minimum atomic E-state index is -0.235. The Kier molecular flexibility index (Phi) is 7.62. The highest BCUT2D eigenvalue weighted by atomic mass is 16.5. The molecule has 0 aliphatic carbocycles. The van der Waals surface area contributed by atoms with E-state index in [9.17, 15) is 4.79 Å². The number of ether oxygens (including phenoxy) is 3. The number of benzene rings is 1. The third-order valence-electron chi connectivity index (χ3n) is 2.46. The van der Waals surface area contributed by atoms with Crippen LogP contribution in [-0.2, 0) is 25.4 Å². The van der Waals surface area contributed by atoms with Gasteiger partial charge in [-0.1, -0.05) is 12.1 Å². The summed E-state index contributed by atoms with van der Waals surface area (Å²) >= 11 is 0. The van der Waals surface area contributed by atoms with Crippen LogP contribution in [0.3, 0.4) is 0 Å². The molecule has 19 heavy (non-hydrogen) atoms. The molecular formula is C14H21NO4. The zero-order valence-electron chi connectivity index (χ0n) is 11.3. The Morgan fingerprint density at radius 2 is 1.84 bits per heavy atom. The van der Waals surface area contributed by atoms with Crippen LogP contribution < -0.4 is 5.73 Å². The zero-order chi connectivity index (χ0) is 13.9. The van der Waals surface area contributed by atoms with E-state index in [0.717, 1.165) is 5.56 Å². The van der Waals surface area contributed by atoms with Crippen LogP contribution in [-0.4, -0.2) is 39.5 Å². The van der Waals surface area contributed by atoms with Crippen LogP contribution in [0, 0.1) is 0 Å². The normalized spacial score (nSPS) is 10.4. The third kappa shape index (κ3) is 7.43. The van der Waals surface area contributed by atoms with Crippen LogP contribution >= 0.6 is 0 Å². The number of hydrogen-bond acceptors (Lipinski definition) is 5. The Morgan fingerprint density at radius 1 is 1.11 bits per heavy atom. The third-order valence-corrected chi connectivity index (χ3v) is 2.46. The number of rotatable bonds is 9. The van der Waals surface area contributed by atoms with Crippen molar-refractivity contribution in [3.05, 3.63) is 29.8 Å². The summed E-state index contributed by atoms with van der Waals surface area (Å²) in [7, 11) is 1.63. The lowest BCUT2D eigenvalue weighted by Crippen LogP contribution is -2.11. The molecule has 0 unspecified atom stereocenters. The van der Waals surface area contributed by atoms with Crippen molar-refractivity contribution in [3.63, 3.8) is 0 Å². The van der Waals surface area contributed by atoms with E-state index >= 15 is 0 Å². The van der Waals surface area contributed by atoms with Crippen LogP contribution in [0.15, 0.2) is 24.3 Å². The maximum absolute atomic E-state index is 11.5. The molecule has 0 bridgehead atoms. The number of hydrogen-bond donors (Lipinski definition) is 1. The average Bonchev–Trinajstić information content (AvgIpc) is 2.40. The summed E-state index contributed by atoms with van der Waals surface area (Å²) in [4.78, 5) is 11.5. The Balaban J connectivity index is 2.06. The quantitative estimate of drug-likeness (QED) is 0.416. The smallest absolute Gasteiger partial charge is 0.310 e. The van der Waals surface area contributed by atoms with Gasteiger partial charge in [0.1, 0.15) is 0 Å². The molecule has 1 rings (SSSR count). The van der Waals surface area contributed by atoms with Gasteiger partial charge in [0.05, 0.1) is 26.2 Å². The molecule has 0 aliphatic rings. The van der Waals surface area contributed by atoms with Crippen LogP contribution in [0.4, 0.5) is 5.69 Å². The molecule has 5 nitrogen and oxygen atoms in total. The fraction of sp³-hybridized carbons (Fsp3) is 0.500. The molecule has 0 aromatic heterocycles. The molecule has 1 aromatic rings. The lowest BCUT2D eigenvalue weighted by atomic mass is 10.1. The first kappa shape index (κ1) is 15.5. The summed E-state index contributed by atoms with van der Waals surface area (Å²) in [5.74, 6) is -0.235. The molecule has 0 saturated heterocycles. The van der Waals surface area contributed by atoms with Crippen LogP contribution in [0.5, 0.6) is 0 Å². The van der Waals surface area contributed by atoms with Gasteiger partial charge in [-0.15, -0.1) is 0 Å². The highest BCUT2D eigenvalue weighted by Crippen LogP contribution is 2.06. The van der Waals surface area contributed by atoms with Gasteiger partial charge in [0.15, 0.2) is 0 Å². The van der Waals surface area contributed by atoms with E-state index in [2.05, 4.69) is 0 Å². The van der Waals surface area contributed by atoms with Crippen molar-refractivity contribution >= 4 is 11.7 Å². The number of methoxy groups -OCH3 is 1. The van der Waals surface area contributed by atoms with E-state index in [-0.39, 0.29) is 12.4 Å². The van der Waals surface area contributed by atoms with Crippen molar-refractivity contribution in [1.82, 2.24) is 0 Å². The number of nitrogen functional groups attached to an aromatic ring is 1. The van der Waals surface area contributed by atoms with Crippen LogP contribution in [0.1, 0.15) is 12.0 Å². The van der Waals surface area contributed by atoms with Crippen molar-refractivity contribution in [3.8, 4) is 0 Å².